The second kappa shape index (κ2) is 9.67. The number of rotatable bonds is 8. The summed E-state index contributed by atoms with van der Waals surface area (Å²) >= 11 is 1.71. The fourth-order valence-electron chi connectivity index (χ4n) is 3.29. The van der Waals surface area contributed by atoms with Crippen molar-refractivity contribution in [2.75, 3.05) is 19.6 Å². The monoisotopic (exact) mass is 373 g/mol. The first-order valence-corrected chi connectivity index (χ1v) is 10.4. The van der Waals surface area contributed by atoms with E-state index in [1.165, 1.54) is 4.70 Å². The number of carbonyl (C=O) groups excluding carboxylic acids is 2. The molecule has 0 radical (unpaired) electrons. The smallest absolute Gasteiger partial charge is 0.222 e. The van der Waals surface area contributed by atoms with Crippen molar-refractivity contribution in [3.8, 4) is 0 Å². The average Bonchev–Trinajstić information content (AvgIpc) is 2.94. The summed E-state index contributed by atoms with van der Waals surface area (Å²) in [6, 6.07) is 8.13. The Bertz CT molecular complexity index is 710. The number of aromatic nitrogens is 1. The second-order valence-electron chi connectivity index (χ2n) is 6.82. The van der Waals surface area contributed by atoms with Crippen LogP contribution in [0.3, 0.4) is 0 Å². The standard InChI is InChI=1S/C20H27N3O2S/c24-18(21-13-7-15-23-14-5-1-2-12-20(23)25)10-6-11-19-22-16-8-3-4-9-17(16)26-19/h3-4,8-9H,1-2,5-7,10-15H2,(H,21,24). The van der Waals surface area contributed by atoms with Crippen LogP contribution in [0.15, 0.2) is 24.3 Å². The summed E-state index contributed by atoms with van der Waals surface area (Å²) in [6.07, 6.45) is 6.95. The molecule has 1 saturated heterocycles. The van der Waals surface area contributed by atoms with Crippen molar-refractivity contribution in [2.45, 2.75) is 51.4 Å². The minimum absolute atomic E-state index is 0.0910. The maximum Gasteiger partial charge on any atom is 0.222 e. The highest BCUT2D eigenvalue weighted by atomic mass is 32.1. The molecule has 2 heterocycles. The summed E-state index contributed by atoms with van der Waals surface area (Å²) in [4.78, 5) is 30.4. The first kappa shape index (κ1) is 18.8. The fraction of sp³-hybridized carbons (Fsp3) is 0.550. The highest BCUT2D eigenvalue weighted by molar-refractivity contribution is 7.18. The molecule has 1 aliphatic heterocycles. The zero-order chi connectivity index (χ0) is 18.2. The third-order valence-corrected chi connectivity index (χ3v) is 5.83. The summed E-state index contributed by atoms with van der Waals surface area (Å²) in [6.45, 7) is 2.27. The number of hydrogen-bond donors (Lipinski definition) is 1. The number of carbonyl (C=O) groups is 2. The molecule has 0 aliphatic carbocycles. The Morgan fingerprint density at radius 1 is 1.19 bits per heavy atom. The number of nitrogens with zero attached hydrogens (tertiary/aromatic N) is 2. The Balaban J connectivity index is 1.30. The number of benzene rings is 1. The highest BCUT2D eigenvalue weighted by Gasteiger charge is 2.15. The second-order valence-corrected chi connectivity index (χ2v) is 7.94. The van der Waals surface area contributed by atoms with Crippen molar-refractivity contribution in [3.63, 3.8) is 0 Å². The minimum Gasteiger partial charge on any atom is -0.356 e. The lowest BCUT2D eigenvalue weighted by Gasteiger charge is -2.20. The summed E-state index contributed by atoms with van der Waals surface area (Å²) in [5.74, 6) is 0.359. The van der Waals surface area contributed by atoms with E-state index in [-0.39, 0.29) is 11.8 Å². The molecule has 0 bridgehead atoms. The summed E-state index contributed by atoms with van der Waals surface area (Å²) in [5.41, 5.74) is 1.04. The van der Waals surface area contributed by atoms with Crippen LogP contribution >= 0.6 is 11.3 Å². The van der Waals surface area contributed by atoms with E-state index >= 15 is 0 Å². The molecule has 0 saturated carbocycles. The maximum absolute atomic E-state index is 12.0. The van der Waals surface area contributed by atoms with Gasteiger partial charge in [0, 0.05) is 32.5 Å². The Labute approximate surface area is 158 Å². The SMILES string of the molecule is O=C(CCCc1nc2ccccc2s1)NCCCN1CCCCCC1=O. The molecule has 1 aromatic heterocycles. The van der Waals surface area contributed by atoms with Gasteiger partial charge in [-0.05, 0) is 44.2 Å². The van der Waals surface area contributed by atoms with Crippen LogP contribution in [0.4, 0.5) is 0 Å². The lowest BCUT2D eigenvalue weighted by molar-refractivity contribution is -0.130. The summed E-state index contributed by atoms with van der Waals surface area (Å²) in [7, 11) is 0. The first-order chi connectivity index (χ1) is 12.7. The van der Waals surface area contributed by atoms with Crippen LogP contribution in [0.5, 0.6) is 0 Å². The molecule has 0 spiro atoms. The molecule has 1 aliphatic rings. The molecule has 1 aromatic carbocycles. The van der Waals surface area contributed by atoms with Gasteiger partial charge < -0.3 is 10.2 Å². The van der Waals surface area contributed by atoms with Gasteiger partial charge in [0.15, 0.2) is 0 Å². The molecule has 1 fully saturated rings. The van der Waals surface area contributed by atoms with Crippen LogP contribution < -0.4 is 5.32 Å². The number of nitrogens with one attached hydrogen (secondary N) is 1. The molecule has 26 heavy (non-hydrogen) atoms. The molecular weight excluding hydrogens is 346 g/mol. The predicted molar refractivity (Wildman–Crippen MR) is 105 cm³/mol. The van der Waals surface area contributed by atoms with Gasteiger partial charge in [-0.2, -0.15) is 0 Å². The lowest BCUT2D eigenvalue weighted by atomic mass is 10.2. The molecule has 2 aromatic rings. The molecule has 1 N–H and O–H groups in total. The number of aryl methyl sites for hydroxylation is 1. The van der Waals surface area contributed by atoms with Crippen LogP contribution in [0.2, 0.25) is 0 Å². The molecule has 140 valence electrons. The lowest BCUT2D eigenvalue weighted by Crippen LogP contribution is -2.33. The van der Waals surface area contributed by atoms with E-state index in [1.807, 2.05) is 23.1 Å². The van der Waals surface area contributed by atoms with E-state index < -0.39 is 0 Å². The van der Waals surface area contributed by atoms with Gasteiger partial charge in [0.1, 0.15) is 0 Å². The number of para-hydroxylation sites is 1. The van der Waals surface area contributed by atoms with Gasteiger partial charge in [-0.25, -0.2) is 4.98 Å². The van der Waals surface area contributed by atoms with E-state index in [2.05, 4.69) is 16.4 Å². The van der Waals surface area contributed by atoms with Gasteiger partial charge in [-0.3, -0.25) is 9.59 Å². The quantitative estimate of drug-likeness (QED) is 0.720. The third-order valence-electron chi connectivity index (χ3n) is 4.73. The van der Waals surface area contributed by atoms with Crippen molar-refractivity contribution in [1.29, 1.82) is 0 Å². The fourth-order valence-corrected chi connectivity index (χ4v) is 4.30. The van der Waals surface area contributed by atoms with Crippen LogP contribution in [-0.2, 0) is 16.0 Å². The van der Waals surface area contributed by atoms with Crippen molar-refractivity contribution in [3.05, 3.63) is 29.3 Å². The predicted octanol–water partition coefficient (Wildman–Crippen LogP) is 3.53. The summed E-state index contributed by atoms with van der Waals surface area (Å²) in [5, 5.41) is 4.07. The van der Waals surface area contributed by atoms with Gasteiger partial charge in [0.2, 0.25) is 11.8 Å². The molecule has 5 nitrogen and oxygen atoms in total. The number of likely N-dealkylation sites (tertiary alicyclic amines) is 1. The summed E-state index contributed by atoms with van der Waals surface area (Å²) < 4.78 is 1.20. The topological polar surface area (TPSA) is 62.3 Å². The van der Waals surface area contributed by atoms with Crippen molar-refractivity contribution < 1.29 is 9.59 Å². The highest BCUT2D eigenvalue weighted by Crippen LogP contribution is 2.22. The van der Waals surface area contributed by atoms with Crippen LogP contribution in [0.1, 0.15) is 50.0 Å². The molecule has 3 rings (SSSR count). The van der Waals surface area contributed by atoms with Crippen LogP contribution in [0.25, 0.3) is 10.2 Å². The van der Waals surface area contributed by atoms with E-state index in [4.69, 9.17) is 0 Å². The third kappa shape index (κ3) is 5.53. The Morgan fingerprint density at radius 3 is 2.96 bits per heavy atom. The van der Waals surface area contributed by atoms with Gasteiger partial charge in [-0.1, -0.05) is 18.6 Å². The average molecular weight is 374 g/mol. The van der Waals surface area contributed by atoms with Gasteiger partial charge in [0.05, 0.1) is 15.2 Å². The Morgan fingerprint density at radius 2 is 2.08 bits per heavy atom. The first-order valence-electron chi connectivity index (χ1n) is 9.61. The molecule has 2 amide bonds. The van der Waals surface area contributed by atoms with Crippen LogP contribution in [-0.4, -0.2) is 41.3 Å². The number of amides is 2. The Kier molecular flexibility index (Phi) is 7.00. The van der Waals surface area contributed by atoms with Crippen molar-refractivity contribution in [1.82, 2.24) is 15.2 Å². The zero-order valence-electron chi connectivity index (χ0n) is 15.2. The molecule has 6 heteroatoms. The van der Waals surface area contributed by atoms with E-state index in [9.17, 15) is 9.59 Å². The van der Waals surface area contributed by atoms with Gasteiger partial charge in [0.25, 0.3) is 0 Å². The van der Waals surface area contributed by atoms with E-state index in [0.717, 1.165) is 62.1 Å². The maximum atomic E-state index is 12.0. The van der Waals surface area contributed by atoms with Crippen molar-refractivity contribution >= 4 is 33.4 Å². The van der Waals surface area contributed by atoms with Gasteiger partial charge >= 0.3 is 0 Å². The number of thiazole rings is 1. The molecule has 0 atom stereocenters. The van der Waals surface area contributed by atoms with Crippen molar-refractivity contribution in [2.24, 2.45) is 0 Å². The molecule has 0 unspecified atom stereocenters. The van der Waals surface area contributed by atoms with E-state index in [1.54, 1.807) is 11.3 Å². The number of fused-ring (bicyclic) bond motifs is 1. The van der Waals surface area contributed by atoms with E-state index in [0.29, 0.717) is 19.4 Å². The largest absolute Gasteiger partial charge is 0.356 e. The zero-order valence-corrected chi connectivity index (χ0v) is 16.0. The number of hydrogen-bond acceptors (Lipinski definition) is 4. The van der Waals surface area contributed by atoms with Crippen LogP contribution in [0, 0.1) is 0 Å². The molecular formula is C20H27N3O2S. The Hall–Kier alpha value is -1.95. The normalized spacial score (nSPS) is 15.2. The van der Waals surface area contributed by atoms with Gasteiger partial charge in [-0.15, -0.1) is 11.3 Å². The minimum atomic E-state index is 0.0910.